The molecule has 0 unspecified atom stereocenters. The lowest BCUT2D eigenvalue weighted by molar-refractivity contribution is 0.00578. The number of carbonyl (C=O) groups excluding carboxylic acids is 1. The number of hydrogen-bond donors (Lipinski definition) is 2. The predicted molar refractivity (Wildman–Crippen MR) is 95.3 cm³/mol. The van der Waals surface area contributed by atoms with Crippen molar-refractivity contribution in [3.05, 3.63) is 34.8 Å². The van der Waals surface area contributed by atoms with Crippen LogP contribution in [0.5, 0.6) is 0 Å². The average molecular weight is 332 g/mol. The molecule has 1 aromatic rings. The van der Waals surface area contributed by atoms with Crippen LogP contribution in [0.2, 0.25) is 0 Å². The molecule has 2 rings (SSSR count). The highest BCUT2D eigenvalue weighted by Gasteiger charge is 2.52. The number of nitrogens with two attached hydrogens (primary N) is 2. The first-order valence-corrected chi connectivity index (χ1v) is 7.85. The summed E-state index contributed by atoms with van der Waals surface area (Å²) in [6.45, 7) is 8.22. The van der Waals surface area contributed by atoms with Crippen LogP contribution in [0.1, 0.15) is 43.6 Å². The van der Waals surface area contributed by atoms with Gasteiger partial charge in [0.25, 0.3) is 0 Å². The Morgan fingerprint density at radius 3 is 2.29 bits per heavy atom. The SMILES string of the molecule is COC(=O)c1ccc(C=C(CN)B2OC(C)(C)C(C)(C)O2)c(N)c1. The van der Waals surface area contributed by atoms with Gasteiger partial charge in [0.15, 0.2) is 0 Å². The molecule has 1 fully saturated rings. The highest BCUT2D eigenvalue weighted by molar-refractivity contribution is 6.56. The van der Waals surface area contributed by atoms with Crippen molar-refractivity contribution in [1.82, 2.24) is 0 Å². The Hall–Kier alpha value is -1.83. The van der Waals surface area contributed by atoms with E-state index in [-0.39, 0.29) is 6.54 Å². The molecule has 0 bridgehead atoms. The van der Waals surface area contributed by atoms with Crippen molar-refractivity contribution < 1.29 is 18.8 Å². The highest BCUT2D eigenvalue weighted by atomic mass is 16.7. The number of nitrogen functional groups attached to an aromatic ring is 1. The van der Waals surface area contributed by atoms with Crippen LogP contribution in [0.15, 0.2) is 23.7 Å². The van der Waals surface area contributed by atoms with Crippen LogP contribution >= 0.6 is 0 Å². The van der Waals surface area contributed by atoms with Crippen LogP contribution in [0, 0.1) is 0 Å². The minimum Gasteiger partial charge on any atom is -0.465 e. The van der Waals surface area contributed by atoms with Gasteiger partial charge < -0.3 is 25.5 Å². The molecule has 4 N–H and O–H groups in total. The van der Waals surface area contributed by atoms with Gasteiger partial charge in [-0.25, -0.2) is 4.79 Å². The first-order chi connectivity index (χ1) is 11.1. The van der Waals surface area contributed by atoms with Gasteiger partial charge in [0.2, 0.25) is 0 Å². The van der Waals surface area contributed by atoms with Crippen LogP contribution in [-0.2, 0) is 14.0 Å². The Morgan fingerprint density at radius 1 is 1.25 bits per heavy atom. The molecule has 0 aliphatic carbocycles. The second-order valence-electron chi connectivity index (χ2n) is 6.85. The van der Waals surface area contributed by atoms with Crippen molar-refractivity contribution in [2.45, 2.75) is 38.9 Å². The van der Waals surface area contributed by atoms with E-state index in [1.54, 1.807) is 18.2 Å². The second kappa shape index (κ2) is 6.59. The molecule has 0 aromatic heterocycles. The van der Waals surface area contributed by atoms with Gasteiger partial charge in [-0.05, 0) is 50.9 Å². The zero-order valence-electron chi connectivity index (χ0n) is 14.9. The van der Waals surface area contributed by atoms with E-state index in [9.17, 15) is 4.79 Å². The average Bonchev–Trinajstić information content (AvgIpc) is 2.73. The number of rotatable bonds is 4. The third-order valence-electron chi connectivity index (χ3n) is 4.64. The molecule has 1 aromatic carbocycles. The van der Waals surface area contributed by atoms with E-state index >= 15 is 0 Å². The van der Waals surface area contributed by atoms with Crippen molar-refractivity contribution in [2.75, 3.05) is 19.4 Å². The van der Waals surface area contributed by atoms with Crippen LogP contribution < -0.4 is 11.5 Å². The van der Waals surface area contributed by atoms with E-state index in [0.717, 1.165) is 11.0 Å². The van der Waals surface area contributed by atoms with Crippen molar-refractivity contribution in [3.63, 3.8) is 0 Å². The number of methoxy groups -OCH3 is 1. The molecule has 24 heavy (non-hydrogen) atoms. The summed E-state index contributed by atoms with van der Waals surface area (Å²) >= 11 is 0. The molecule has 1 aliphatic rings. The summed E-state index contributed by atoms with van der Waals surface area (Å²) in [4.78, 5) is 11.6. The zero-order valence-corrected chi connectivity index (χ0v) is 14.9. The van der Waals surface area contributed by atoms with E-state index in [1.165, 1.54) is 7.11 Å². The van der Waals surface area contributed by atoms with Crippen LogP contribution in [0.4, 0.5) is 5.69 Å². The third-order valence-corrected chi connectivity index (χ3v) is 4.64. The standard InChI is InChI=1S/C17H25BN2O4/c1-16(2)17(3,4)24-18(23-16)13(10-19)8-11-6-7-12(9-14(11)20)15(21)22-5/h6-9H,10,19-20H2,1-5H3. The van der Waals surface area contributed by atoms with E-state index in [1.807, 2.05) is 33.8 Å². The second-order valence-corrected chi connectivity index (χ2v) is 6.85. The van der Waals surface area contributed by atoms with Gasteiger partial charge in [0, 0.05) is 12.2 Å². The van der Waals surface area contributed by atoms with Crippen LogP contribution in [0.25, 0.3) is 6.08 Å². The molecule has 1 heterocycles. The molecular formula is C17H25BN2O4. The molecule has 1 saturated heterocycles. The van der Waals surface area contributed by atoms with E-state index < -0.39 is 24.3 Å². The Labute approximate surface area is 143 Å². The maximum Gasteiger partial charge on any atom is 0.491 e. The van der Waals surface area contributed by atoms with Crippen molar-refractivity contribution >= 4 is 24.9 Å². The third kappa shape index (κ3) is 3.48. The summed E-state index contributed by atoms with van der Waals surface area (Å²) < 4.78 is 16.7. The number of hydrogen-bond acceptors (Lipinski definition) is 6. The summed E-state index contributed by atoms with van der Waals surface area (Å²) in [6.07, 6.45) is 1.85. The summed E-state index contributed by atoms with van der Waals surface area (Å²) in [5.74, 6) is -0.428. The molecule has 130 valence electrons. The Morgan fingerprint density at radius 2 is 1.83 bits per heavy atom. The maximum absolute atomic E-state index is 11.6. The fourth-order valence-electron chi connectivity index (χ4n) is 2.37. The van der Waals surface area contributed by atoms with Gasteiger partial charge >= 0.3 is 13.1 Å². The molecule has 0 amide bonds. The topological polar surface area (TPSA) is 96.8 Å². The van der Waals surface area contributed by atoms with Gasteiger partial charge in [-0.3, -0.25) is 0 Å². The quantitative estimate of drug-likeness (QED) is 0.497. The lowest BCUT2D eigenvalue weighted by atomic mass is 9.77. The van der Waals surface area contributed by atoms with Gasteiger partial charge in [-0.15, -0.1) is 0 Å². The van der Waals surface area contributed by atoms with Gasteiger partial charge in [0.1, 0.15) is 0 Å². The van der Waals surface area contributed by atoms with Crippen molar-refractivity contribution in [2.24, 2.45) is 5.73 Å². The molecule has 7 heteroatoms. The largest absolute Gasteiger partial charge is 0.491 e. The van der Waals surface area contributed by atoms with Crippen molar-refractivity contribution in [1.29, 1.82) is 0 Å². The monoisotopic (exact) mass is 332 g/mol. The lowest BCUT2D eigenvalue weighted by Crippen LogP contribution is -2.41. The lowest BCUT2D eigenvalue weighted by Gasteiger charge is -2.32. The molecule has 0 saturated carbocycles. The van der Waals surface area contributed by atoms with Gasteiger partial charge in [-0.2, -0.15) is 0 Å². The number of anilines is 1. The highest BCUT2D eigenvalue weighted by Crippen LogP contribution is 2.38. The fourth-order valence-corrected chi connectivity index (χ4v) is 2.37. The molecule has 1 aliphatic heterocycles. The molecular weight excluding hydrogens is 307 g/mol. The smallest absolute Gasteiger partial charge is 0.465 e. The molecule has 0 spiro atoms. The van der Waals surface area contributed by atoms with E-state index in [0.29, 0.717) is 11.3 Å². The zero-order chi connectivity index (χ0) is 18.1. The number of benzene rings is 1. The number of carbonyl (C=O) groups is 1. The first kappa shape index (κ1) is 18.5. The normalized spacial score (nSPS) is 19.4. The maximum atomic E-state index is 11.6. The number of ether oxygens (including phenoxy) is 1. The Balaban J connectivity index is 2.30. The fraction of sp³-hybridized carbons (Fsp3) is 0.471. The van der Waals surface area contributed by atoms with Crippen LogP contribution in [0.3, 0.4) is 0 Å². The minimum absolute atomic E-state index is 0.273. The Bertz CT molecular complexity index is 655. The number of esters is 1. The summed E-state index contributed by atoms with van der Waals surface area (Å²) in [5.41, 5.74) is 13.4. The van der Waals surface area contributed by atoms with Crippen molar-refractivity contribution in [3.8, 4) is 0 Å². The first-order valence-electron chi connectivity index (χ1n) is 7.85. The van der Waals surface area contributed by atoms with E-state index in [4.69, 9.17) is 25.5 Å². The van der Waals surface area contributed by atoms with Crippen LogP contribution in [-0.4, -0.2) is 37.9 Å². The summed E-state index contributed by atoms with van der Waals surface area (Å²) in [7, 11) is 0.802. The summed E-state index contributed by atoms with van der Waals surface area (Å²) in [5, 5.41) is 0. The predicted octanol–water partition coefficient (Wildman–Crippen LogP) is 2.03. The Kier molecular flexibility index (Phi) is 5.08. The minimum atomic E-state index is -0.528. The summed E-state index contributed by atoms with van der Waals surface area (Å²) in [6, 6.07) is 4.99. The van der Waals surface area contributed by atoms with E-state index in [2.05, 4.69) is 0 Å². The molecule has 6 nitrogen and oxygen atoms in total. The molecule has 0 radical (unpaired) electrons. The van der Waals surface area contributed by atoms with Gasteiger partial charge in [0.05, 0.1) is 23.9 Å². The molecule has 0 atom stereocenters. The van der Waals surface area contributed by atoms with Gasteiger partial charge in [-0.1, -0.05) is 12.1 Å².